The number of benzene rings is 2. The van der Waals surface area contributed by atoms with Crippen molar-refractivity contribution >= 4 is 17.6 Å². The quantitative estimate of drug-likeness (QED) is 0.619. The summed E-state index contributed by atoms with van der Waals surface area (Å²) in [4.78, 5) is 25.0. The van der Waals surface area contributed by atoms with Gasteiger partial charge in [0.25, 0.3) is 5.91 Å². The Balaban J connectivity index is 2.10. The number of fused-ring (bicyclic) bond motifs is 1. The van der Waals surface area contributed by atoms with Gasteiger partial charge >= 0.3 is 6.03 Å². The highest BCUT2D eigenvalue weighted by molar-refractivity contribution is 6.15. The largest absolute Gasteiger partial charge is 0.493 e. The summed E-state index contributed by atoms with van der Waals surface area (Å²) >= 11 is 0. The number of hydrogen-bond acceptors (Lipinski definition) is 6. The molecule has 2 aromatic carbocycles. The van der Waals surface area contributed by atoms with Gasteiger partial charge in [0.15, 0.2) is 11.5 Å². The van der Waals surface area contributed by atoms with E-state index in [-0.39, 0.29) is 30.6 Å². The van der Waals surface area contributed by atoms with E-state index in [0.29, 0.717) is 29.2 Å². The van der Waals surface area contributed by atoms with Crippen molar-refractivity contribution in [3.63, 3.8) is 0 Å². The van der Waals surface area contributed by atoms with Gasteiger partial charge in [-0.25, -0.2) is 9.80 Å². The number of carbonyl (C=O) groups is 2. The number of aliphatic hydroxyl groups is 1. The predicted molar refractivity (Wildman–Crippen MR) is 125 cm³/mol. The van der Waals surface area contributed by atoms with Crippen LogP contribution < -0.4 is 20.1 Å². The van der Waals surface area contributed by atoms with Crippen LogP contribution in [0.3, 0.4) is 0 Å². The van der Waals surface area contributed by atoms with E-state index < -0.39 is 0 Å². The van der Waals surface area contributed by atoms with Gasteiger partial charge in [-0.3, -0.25) is 4.79 Å². The Morgan fingerprint density at radius 3 is 2.39 bits per heavy atom. The Morgan fingerprint density at radius 2 is 1.82 bits per heavy atom. The Morgan fingerprint density at radius 1 is 1.18 bits per heavy atom. The number of nitrogens with one attached hydrogen (secondary N) is 2. The summed E-state index contributed by atoms with van der Waals surface area (Å²) in [5.41, 5.74) is 3.55. The SMILES string of the molecule is CNC(=O)N1N=C(c2ccc(C(=O)NC(C)CO)cc2)c2cc(OC)c(OC)cc2C[C@H]1C. The van der Waals surface area contributed by atoms with E-state index in [1.54, 1.807) is 52.5 Å². The van der Waals surface area contributed by atoms with Gasteiger partial charge in [-0.05, 0) is 50.1 Å². The molecule has 0 radical (unpaired) electrons. The number of hydrogen-bond donors (Lipinski definition) is 3. The number of urea groups is 1. The van der Waals surface area contributed by atoms with Gasteiger partial charge in [-0.1, -0.05) is 12.1 Å². The molecule has 3 rings (SSSR count). The van der Waals surface area contributed by atoms with Crippen molar-refractivity contribution < 1.29 is 24.2 Å². The molecular formula is C24H30N4O5. The van der Waals surface area contributed by atoms with Crippen LogP contribution in [0.15, 0.2) is 41.5 Å². The van der Waals surface area contributed by atoms with Crippen LogP contribution >= 0.6 is 0 Å². The average Bonchev–Trinajstić information content (AvgIpc) is 2.97. The first kappa shape index (κ1) is 24.1. The summed E-state index contributed by atoms with van der Waals surface area (Å²) in [6.45, 7) is 3.51. The van der Waals surface area contributed by atoms with Gasteiger partial charge in [0.05, 0.1) is 32.6 Å². The molecule has 0 fully saturated rings. The van der Waals surface area contributed by atoms with Gasteiger partial charge in [-0.2, -0.15) is 5.10 Å². The third kappa shape index (κ3) is 5.09. The molecule has 3 N–H and O–H groups in total. The lowest BCUT2D eigenvalue weighted by atomic mass is 9.93. The summed E-state index contributed by atoms with van der Waals surface area (Å²) in [5, 5.41) is 20.7. The molecule has 0 aliphatic carbocycles. The van der Waals surface area contributed by atoms with Crippen LogP contribution in [-0.2, 0) is 6.42 Å². The summed E-state index contributed by atoms with van der Waals surface area (Å²) in [7, 11) is 4.71. The molecule has 9 nitrogen and oxygen atoms in total. The van der Waals surface area contributed by atoms with E-state index in [1.165, 1.54) is 5.01 Å². The van der Waals surface area contributed by atoms with E-state index in [0.717, 1.165) is 16.7 Å². The number of carbonyl (C=O) groups excluding carboxylic acids is 2. The molecule has 33 heavy (non-hydrogen) atoms. The Bertz CT molecular complexity index is 1050. The van der Waals surface area contributed by atoms with Crippen molar-refractivity contribution in [2.45, 2.75) is 32.4 Å². The molecule has 1 aliphatic heterocycles. The van der Waals surface area contributed by atoms with E-state index in [2.05, 4.69) is 10.6 Å². The maximum atomic E-state index is 12.6. The minimum Gasteiger partial charge on any atom is -0.493 e. The lowest BCUT2D eigenvalue weighted by Crippen LogP contribution is -2.41. The molecule has 1 heterocycles. The lowest BCUT2D eigenvalue weighted by molar-refractivity contribution is 0.0922. The Labute approximate surface area is 193 Å². The number of rotatable bonds is 6. The number of aliphatic hydroxyl groups excluding tert-OH is 1. The number of hydrazone groups is 1. The molecule has 0 aromatic heterocycles. The molecule has 0 saturated carbocycles. The molecule has 2 atom stereocenters. The molecule has 1 aliphatic rings. The van der Waals surface area contributed by atoms with Crippen LogP contribution in [0.1, 0.15) is 40.9 Å². The highest BCUT2D eigenvalue weighted by atomic mass is 16.5. The zero-order chi connectivity index (χ0) is 24.1. The standard InChI is InChI=1S/C24H30N4O5/c1-14(13-29)26-23(30)17-8-6-16(7-9-17)22-19-12-21(33-5)20(32-4)11-18(19)10-15(2)28(27-22)24(31)25-3/h6-9,11-12,14-15,29H,10,13H2,1-5H3,(H,25,31)(H,26,30)/t14?,15-/m1/s1. The summed E-state index contributed by atoms with van der Waals surface area (Å²) in [6, 6.07) is 9.85. The van der Waals surface area contributed by atoms with Crippen LogP contribution in [-0.4, -0.2) is 67.7 Å². The number of ether oxygens (including phenoxy) is 2. The first-order valence-corrected chi connectivity index (χ1v) is 10.7. The summed E-state index contributed by atoms with van der Waals surface area (Å²) in [6.07, 6.45) is 0.565. The predicted octanol–water partition coefficient (Wildman–Crippen LogP) is 2.15. The van der Waals surface area contributed by atoms with Crippen LogP contribution in [0.25, 0.3) is 0 Å². The molecule has 2 aromatic rings. The fourth-order valence-corrected chi connectivity index (χ4v) is 3.68. The third-order valence-electron chi connectivity index (χ3n) is 5.50. The zero-order valence-electron chi connectivity index (χ0n) is 19.5. The minimum atomic E-state index is -0.347. The normalized spacial score (nSPS) is 16.1. The van der Waals surface area contributed by atoms with E-state index in [4.69, 9.17) is 19.7 Å². The summed E-state index contributed by atoms with van der Waals surface area (Å²) < 4.78 is 11.0. The molecule has 0 spiro atoms. The van der Waals surface area contributed by atoms with Crippen molar-refractivity contribution in [2.75, 3.05) is 27.9 Å². The van der Waals surface area contributed by atoms with Crippen molar-refractivity contribution in [1.82, 2.24) is 15.6 Å². The average molecular weight is 455 g/mol. The molecule has 0 bridgehead atoms. The topological polar surface area (TPSA) is 112 Å². The highest BCUT2D eigenvalue weighted by Gasteiger charge is 2.28. The van der Waals surface area contributed by atoms with Gasteiger partial charge in [-0.15, -0.1) is 0 Å². The van der Waals surface area contributed by atoms with Crippen LogP contribution in [0.5, 0.6) is 11.5 Å². The molecule has 3 amide bonds. The second-order valence-corrected chi connectivity index (χ2v) is 7.90. The minimum absolute atomic E-state index is 0.143. The van der Waals surface area contributed by atoms with Crippen molar-refractivity contribution in [3.05, 3.63) is 58.7 Å². The van der Waals surface area contributed by atoms with E-state index in [9.17, 15) is 9.59 Å². The maximum Gasteiger partial charge on any atom is 0.337 e. The third-order valence-corrected chi connectivity index (χ3v) is 5.50. The monoisotopic (exact) mass is 454 g/mol. The van der Waals surface area contributed by atoms with Gasteiger partial charge in [0, 0.05) is 29.8 Å². The molecular weight excluding hydrogens is 424 g/mol. The van der Waals surface area contributed by atoms with E-state index in [1.807, 2.05) is 19.1 Å². The highest BCUT2D eigenvalue weighted by Crippen LogP contribution is 2.34. The first-order chi connectivity index (χ1) is 15.8. The first-order valence-electron chi connectivity index (χ1n) is 10.7. The van der Waals surface area contributed by atoms with Crippen LogP contribution in [0.4, 0.5) is 4.79 Å². The fraction of sp³-hybridized carbons (Fsp3) is 0.375. The Hall–Kier alpha value is -3.59. The van der Waals surface area contributed by atoms with Crippen molar-refractivity contribution in [2.24, 2.45) is 5.10 Å². The molecule has 1 unspecified atom stereocenters. The van der Waals surface area contributed by atoms with Crippen LogP contribution in [0.2, 0.25) is 0 Å². The second kappa shape index (κ2) is 10.4. The second-order valence-electron chi connectivity index (χ2n) is 7.90. The fourth-order valence-electron chi connectivity index (χ4n) is 3.68. The maximum absolute atomic E-state index is 12.6. The Kier molecular flexibility index (Phi) is 7.55. The van der Waals surface area contributed by atoms with E-state index >= 15 is 0 Å². The van der Waals surface area contributed by atoms with Crippen molar-refractivity contribution in [3.8, 4) is 11.5 Å². The molecule has 0 saturated heterocycles. The number of methoxy groups -OCH3 is 2. The molecule has 176 valence electrons. The lowest BCUT2D eigenvalue weighted by Gasteiger charge is -2.22. The smallest absolute Gasteiger partial charge is 0.337 e. The van der Waals surface area contributed by atoms with Gasteiger partial charge < -0.3 is 25.2 Å². The summed E-state index contributed by atoms with van der Waals surface area (Å²) in [5.74, 6) is 0.874. The van der Waals surface area contributed by atoms with Gasteiger partial charge in [0.2, 0.25) is 0 Å². The number of nitrogens with zero attached hydrogens (tertiary/aromatic N) is 2. The van der Waals surface area contributed by atoms with Crippen LogP contribution in [0, 0.1) is 0 Å². The van der Waals surface area contributed by atoms with Gasteiger partial charge in [0.1, 0.15) is 0 Å². The molecule has 9 heteroatoms. The number of amides is 3. The van der Waals surface area contributed by atoms with Crippen molar-refractivity contribution in [1.29, 1.82) is 0 Å². The zero-order valence-corrected chi connectivity index (χ0v) is 19.5.